The van der Waals surface area contributed by atoms with E-state index in [9.17, 15) is 0 Å². The second kappa shape index (κ2) is 5.82. The lowest BCUT2D eigenvalue weighted by Gasteiger charge is -2.06. The van der Waals surface area contributed by atoms with Gasteiger partial charge in [0.15, 0.2) is 0 Å². The van der Waals surface area contributed by atoms with Gasteiger partial charge in [0.2, 0.25) is 0 Å². The number of hydrogen-bond acceptors (Lipinski definition) is 1. The molecule has 1 N–H and O–H groups in total. The summed E-state index contributed by atoms with van der Waals surface area (Å²) in [7, 11) is 0. The molecule has 1 heteroatoms. The maximum atomic E-state index is 8.70. The van der Waals surface area contributed by atoms with E-state index in [0.29, 0.717) is 0 Å². The summed E-state index contributed by atoms with van der Waals surface area (Å²) in [6.45, 7) is 4.76. The van der Waals surface area contributed by atoms with Crippen LogP contribution < -0.4 is 0 Å². The van der Waals surface area contributed by atoms with Gasteiger partial charge in [0.25, 0.3) is 0 Å². The van der Waals surface area contributed by atoms with Crippen LogP contribution in [-0.4, -0.2) is 11.7 Å². The van der Waals surface area contributed by atoms with Crippen molar-refractivity contribution in [1.29, 1.82) is 0 Å². The highest BCUT2D eigenvalue weighted by Crippen LogP contribution is 2.10. The zero-order valence-corrected chi connectivity index (χ0v) is 9.16. The molecule has 1 aromatic rings. The summed E-state index contributed by atoms with van der Waals surface area (Å²) >= 11 is 0. The first kappa shape index (κ1) is 11.3. The SMILES string of the molecule is CC(C)Cc1ccc(CCCO)cc1. The summed E-state index contributed by atoms with van der Waals surface area (Å²) in [5, 5.41) is 8.70. The van der Waals surface area contributed by atoms with Gasteiger partial charge in [0, 0.05) is 6.61 Å². The Kier molecular flexibility index (Phi) is 4.68. The molecular weight excluding hydrogens is 172 g/mol. The lowest BCUT2D eigenvalue weighted by molar-refractivity contribution is 0.288. The maximum absolute atomic E-state index is 8.70. The molecule has 0 saturated carbocycles. The summed E-state index contributed by atoms with van der Waals surface area (Å²) < 4.78 is 0. The topological polar surface area (TPSA) is 20.2 Å². The first-order valence-electron chi connectivity index (χ1n) is 5.41. The van der Waals surface area contributed by atoms with Crippen LogP contribution in [0.25, 0.3) is 0 Å². The minimum absolute atomic E-state index is 0.285. The van der Waals surface area contributed by atoms with Crippen molar-refractivity contribution in [3.8, 4) is 0 Å². The van der Waals surface area contributed by atoms with Gasteiger partial charge in [0.05, 0.1) is 0 Å². The normalized spacial score (nSPS) is 10.9. The quantitative estimate of drug-likeness (QED) is 0.760. The third-order valence-corrected chi connectivity index (χ3v) is 2.29. The lowest BCUT2D eigenvalue weighted by Crippen LogP contribution is -1.95. The van der Waals surface area contributed by atoms with E-state index in [2.05, 4.69) is 38.1 Å². The summed E-state index contributed by atoms with van der Waals surface area (Å²) in [6, 6.07) is 8.75. The van der Waals surface area contributed by atoms with Crippen LogP contribution in [0, 0.1) is 5.92 Å². The van der Waals surface area contributed by atoms with Gasteiger partial charge in [-0.05, 0) is 36.3 Å². The number of rotatable bonds is 5. The van der Waals surface area contributed by atoms with Crippen LogP contribution in [0.5, 0.6) is 0 Å². The van der Waals surface area contributed by atoms with Crippen molar-refractivity contribution < 1.29 is 5.11 Å². The van der Waals surface area contributed by atoms with Crippen molar-refractivity contribution in [3.05, 3.63) is 35.4 Å². The van der Waals surface area contributed by atoms with Crippen LogP contribution in [-0.2, 0) is 12.8 Å². The molecule has 78 valence electrons. The molecule has 1 nitrogen and oxygen atoms in total. The van der Waals surface area contributed by atoms with Crippen molar-refractivity contribution in [2.45, 2.75) is 33.1 Å². The molecule has 0 heterocycles. The Labute approximate surface area is 86.8 Å². The summed E-state index contributed by atoms with van der Waals surface area (Å²) in [4.78, 5) is 0. The standard InChI is InChI=1S/C13H20O/c1-11(2)10-13-7-5-12(6-8-13)4-3-9-14/h5-8,11,14H,3-4,9-10H2,1-2H3. The molecule has 0 spiro atoms. The fraction of sp³-hybridized carbons (Fsp3) is 0.538. The Morgan fingerprint density at radius 2 is 1.64 bits per heavy atom. The second-order valence-electron chi connectivity index (χ2n) is 4.24. The van der Waals surface area contributed by atoms with E-state index in [1.54, 1.807) is 0 Å². The van der Waals surface area contributed by atoms with Gasteiger partial charge < -0.3 is 5.11 Å². The molecule has 14 heavy (non-hydrogen) atoms. The largest absolute Gasteiger partial charge is 0.396 e. The van der Waals surface area contributed by atoms with Gasteiger partial charge in [0.1, 0.15) is 0 Å². The van der Waals surface area contributed by atoms with E-state index >= 15 is 0 Å². The summed E-state index contributed by atoms with van der Waals surface area (Å²) in [5.41, 5.74) is 2.74. The summed E-state index contributed by atoms with van der Waals surface area (Å²) in [5.74, 6) is 0.721. The number of aliphatic hydroxyl groups is 1. The van der Waals surface area contributed by atoms with Crippen molar-refractivity contribution in [1.82, 2.24) is 0 Å². The molecule has 0 aromatic heterocycles. The third kappa shape index (κ3) is 3.93. The average molecular weight is 192 g/mol. The van der Waals surface area contributed by atoms with E-state index < -0.39 is 0 Å². The first-order chi connectivity index (χ1) is 6.72. The minimum Gasteiger partial charge on any atom is -0.396 e. The zero-order valence-electron chi connectivity index (χ0n) is 9.16. The monoisotopic (exact) mass is 192 g/mol. The maximum Gasteiger partial charge on any atom is 0.0434 e. The minimum atomic E-state index is 0.285. The molecule has 0 unspecified atom stereocenters. The predicted molar refractivity (Wildman–Crippen MR) is 60.4 cm³/mol. The third-order valence-electron chi connectivity index (χ3n) is 2.29. The van der Waals surface area contributed by atoms with Gasteiger partial charge in [-0.3, -0.25) is 0 Å². The van der Waals surface area contributed by atoms with Crippen LogP contribution in [0.1, 0.15) is 31.4 Å². The van der Waals surface area contributed by atoms with Crippen LogP contribution in [0.15, 0.2) is 24.3 Å². The fourth-order valence-corrected chi connectivity index (χ4v) is 1.60. The molecule has 0 aliphatic carbocycles. The Morgan fingerprint density at radius 1 is 1.07 bits per heavy atom. The van der Waals surface area contributed by atoms with Gasteiger partial charge >= 0.3 is 0 Å². The first-order valence-corrected chi connectivity index (χ1v) is 5.41. The predicted octanol–water partition coefficient (Wildman–Crippen LogP) is 2.81. The molecule has 1 aromatic carbocycles. The van der Waals surface area contributed by atoms with Crippen LogP contribution in [0.3, 0.4) is 0 Å². The Morgan fingerprint density at radius 3 is 2.14 bits per heavy atom. The van der Waals surface area contributed by atoms with E-state index in [0.717, 1.165) is 25.2 Å². The molecule has 0 saturated heterocycles. The number of aliphatic hydroxyl groups excluding tert-OH is 1. The van der Waals surface area contributed by atoms with Crippen LogP contribution >= 0.6 is 0 Å². The molecular formula is C13H20O. The average Bonchev–Trinajstić information content (AvgIpc) is 2.16. The Hall–Kier alpha value is -0.820. The smallest absolute Gasteiger partial charge is 0.0434 e. The lowest BCUT2D eigenvalue weighted by atomic mass is 10.0. The van der Waals surface area contributed by atoms with Crippen molar-refractivity contribution in [3.63, 3.8) is 0 Å². The molecule has 0 atom stereocenters. The van der Waals surface area contributed by atoms with Gasteiger partial charge in [-0.2, -0.15) is 0 Å². The van der Waals surface area contributed by atoms with Crippen molar-refractivity contribution in [2.24, 2.45) is 5.92 Å². The highest BCUT2D eigenvalue weighted by atomic mass is 16.2. The van der Waals surface area contributed by atoms with E-state index in [-0.39, 0.29) is 6.61 Å². The van der Waals surface area contributed by atoms with E-state index in [4.69, 9.17) is 5.11 Å². The summed E-state index contributed by atoms with van der Waals surface area (Å²) in [6.07, 6.45) is 3.00. The molecule has 0 fully saturated rings. The van der Waals surface area contributed by atoms with Gasteiger partial charge in [-0.1, -0.05) is 38.1 Å². The van der Waals surface area contributed by atoms with Crippen LogP contribution in [0.2, 0.25) is 0 Å². The van der Waals surface area contributed by atoms with E-state index in [1.165, 1.54) is 11.1 Å². The molecule has 1 rings (SSSR count). The van der Waals surface area contributed by atoms with Gasteiger partial charge in [-0.25, -0.2) is 0 Å². The molecule has 0 aliphatic heterocycles. The fourth-order valence-electron chi connectivity index (χ4n) is 1.60. The van der Waals surface area contributed by atoms with Crippen molar-refractivity contribution >= 4 is 0 Å². The second-order valence-corrected chi connectivity index (χ2v) is 4.24. The molecule has 0 aliphatic rings. The highest BCUT2D eigenvalue weighted by molar-refractivity contribution is 5.22. The molecule has 0 bridgehead atoms. The molecule has 0 amide bonds. The van der Waals surface area contributed by atoms with E-state index in [1.807, 2.05) is 0 Å². The number of aryl methyl sites for hydroxylation is 1. The van der Waals surface area contributed by atoms with Crippen molar-refractivity contribution in [2.75, 3.05) is 6.61 Å². The molecule has 0 radical (unpaired) electrons. The Bertz CT molecular complexity index is 248. The van der Waals surface area contributed by atoms with Crippen LogP contribution in [0.4, 0.5) is 0 Å². The number of benzene rings is 1. The zero-order chi connectivity index (χ0) is 10.4. The highest BCUT2D eigenvalue weighted by Gasteiger charge is 1.97. The number of hydrogen-bond donors (Lipinski definition) is 1. The van der Waals surface area contributed by atoms with Gasteiger partial charge in [-0.15, -0.1) is 0 Å². The Balaban J connectivity index is 2.50.